The molecule has 0 atom stereocenters. The minimum absolute atomic E-state index is 0.0662. The molecule has 1 rings (SSSR count). The molecule has 17 heavy (non-hydrogen) atoms. The fourth-order valence-electron chi connectivity index (χ4n) is 1.33. The Bertz CT molecular complexity index is 386. The molecule has 0 radical (unpaired) electrons. The number of furan rings is 1. The van der Waals surface area contributed by atoms with Gasteiger partial charge in [0, 0.05) is 0 Å². The lowest BCUT2D eigenvalue weighted by Gasteiger charge is -2.20. The van der Waals surface area contributed by atoms with Crippen molar-refractivity contribution in [2.24, 2.45) is 0 Å². The third-order valence-corrected chi connectivity index (χ3v) is 2.10. The van der Waals surface area contributed by atoms with Crippen molar-refractivity contribution in [1.82, 2.24) is 4.90 Å². The normalized spacial score (nSPS) is 12.1. The van der Waals surface area contributed by atoms with Crippen molar-refractivity contribution < 1.29 is 27.5 Å². The number of carbonyl (C=O) groups is 1. The van der Waals surface area contributed by atoms with Crippen LogP contribution in [0.4, 0.5) is 13.2 Å². The largest absolute Gasteiger partial charge is 0.475 e. The lowest BCUT2D eigenvalue weighted by atomic mass is 10.3. The number of carboxylic acids is 1. The van der Waals surface area contributed by atoms with Crippen molar-refractivity contribution in [2.75, 3.05) is 13.1 Å². The van der Waals surface area contributed by atoms with Crippen LogP contribution in [0.25, 0.3) is 0 Å². The van der Waals surface area contributed by atoms with E-state index < -0.39 is 18.7 Å². The standard InChI is InChI=1S/C10H12F3NO3/c1-2-14(6-10(11,12)13)5-7-3-4-8(17-7)9(15)16/h3-4H,2,5-6H2,1H3,(H,15,16). The Hall–Kier alpha value is -1.50. The van der Waals surface area contributed by atoms with E-state index in [9.17, 15) is 18.0 Å². The predicted octanol–water partition coefficient (Wildman–Crippen LogP) is 2.36. The summed E-state index contributed by atoms with van der Waals surface area (Å²) in [6.07, 6.45) is -4.28. The second-order valence-electron chi connectivity index (χ2n) is 3.49. The number of nitrogens with zero attached hydrogens (tertiary/aromatic N) is 1. The van der Waals surface area contributed by atoms with Gasteiger partial charge in [0.05, 0.1) is 13.1 Å². The summed E-state index contributed by atoms with van der Waals surface area (Å²) in [7, 11) is 0. The van der Waals surface area contributed by atoms with Crippen LogP contribution in [0.3, 0.4) is 0 Å². The molecule has 0 fully saturated rings. The van der Waals surface area contributed by atoms with E-state index in [1.807, 2.05) is 0 Å². The van der Waals surface area contributed by atoms with Gasteiger partial charge in [0.15, 0.2) is 0 Å². The molecule has 0 saturated carbocycles. The first-order valence-corrected chi connectivity index (χ1v) is 4.93. The van der Waals surface area contributed by atoms with E-state index in [2.05, 4.69) is 0 Å². The maximum absolute atomic E-state index is 12.2. The minimum atomic E-state index is -4.28. The molecule has 7 heteroatoms. The highest BCUT2D eigenvalue weighted by Crippen LogP contribution is 2.18. The Morgan fingerprint density at radius 1 is 1.47 bits per heavy atom. The molecule has 0 bridgehead atoms. The van der Waals surface area contributed by atoms with Crippen LogP contribution in [0.5, 0.6) is 0 Å². The number of alkyl halides is 3. The average molecular weight is 251 g/mol. The topological polar surface area (TPSA) is 53.7 Å². The summed E-state index contributed by atoms with van der Waals surface area (Å²) in [5.41, 5.74) is 0. The zero-order chi connectivity index (χ0) is 13.1. The smallest absolute Gasteiger partial charge is 0.401 e. The van der Waals surface area contributed by atoms with Crippen LogP contribution in [0.15, 0.2) is 16.5 Å². The molecule has 96 valence electrons. The second-order valence-corrected chi connectivity index (χ2v) is 3.49. The molecule has 1 heterocycles. The van der Waals surface area contributed by atoms with Crippen molar-refractivity contribution in [3.63, 3.8) is 0 Å². The summed E-state index contributed by atoms with van der Waals surface area (Å²) in [4.78, 5) is 11.6. The van der Waals surface area contributed by atoms with Gasteiger partial charge in [0.1, 0.15) is 5.76 Å². The summed E-state index contributed by atoms with van der Waals surface area (Å²) < 4.78 is 41.4. The number of aromatic carboxylic acids is 1. The van der Waals surface area contributed by atoms with Gasteiger partial charge in [-0.3, -0.25) is 4.90 Å². The fraction of sp³-hybridized carbons (Fsp3) is 0.500. The van der Waals surface area contributed by atoms with E-state index in [0.29, 0.717) is 0 Å². The molecule has 0 saturated heterocycles. The first-order valence-electron chi connectivity index (χ1n) is 4.93. The van der Waals surface area contributed by atoms with Gasteiger partial charge in [-0.25, -0.2) is 4.79 Å². The molecule has 0 aromatic carbocycles. The van der Waals surface area contributed by atoms with Crippen molar-refractivity contribution in [2.45, 2.75) is 19.6 Å². The van der Waals surface area contributed by atoms with E-state index in [-0.39, 0.29) is 24.6 Å². The molecule has 0 spiro atoms. The number of hydrogen-bond donors (Lipinski definition) is 1. The van der Waals surface area contributed by atoms with Gasteiger partial charge < -0.3 is 9.52 Å². The highest BCUT2D eigenvalue weighted by molar-refractivity contribution is 5.84. The maximum Gasteiger partial charge on any atom is 0.401 e. The molecule has 1 N–H and O–H groups in total. The Kier molecular flexibility index (Phi) is 4.17. The molecule has 1 aromatic heterocycles. The predicted molar refractivity (Wildman–Crippen MR) is 52.7 cm³/mol. The van der Waals surface area contributed by atoms with Crippen LogP contribution in [0.1, 0.15) is 23.2 Å². The lowest BCUT2D eigenvalue weighted by molar-refractivity contribution is -0.147. The van der Waals surface area contributed by atoms with E-state index in [1.165, 1.54) is 12.1 Å². The van der Waals surface area contributed by atoms with Gasteiger partial charge in [-0.1, -0.05) is 6.92 Å². The van der Waals surface area contributed by atoms with E-state index in [0.717, 1.165) is 4.90 Å². The molecule has 0 unspecified atom stereocenters. The number of hydrogen-bond acceptors (Lipinski definition) is 3. The first kappa shape index (κ1) is 13.6. The monoisotopic (exact) mass is 251 g/mol. The molecule has 0 aliphatic rings. The van der Waals surface area contributed by atoms with Gasteiger partial charge >= 0.3 is 12.1 Å². The first-order chi connectivity index (χ1) is 7.81. The van der Waals surface area contributed by atoms with Crippen LogP contribution in [0, 0.1) is 0 Å². The summed E-state index contributed by atoms with van der Waals surface area (Å²) >= 11 is 0. The van der Waals surface area contributed by atoms with Crippen LogP contribution in [-0.4, -0.2) is 35.2 Å². The minimum Gasteiger partial charge on any atom is -0.475 e. The number of carboxylic acid groups (broad SMARTS) is 1. The molecule has 0 amide bonds. The SMILES string of the molecule is CCN(Cc1ccc(C(=O)O)o1)CC(F)(F)F. The number of halogens is 3. The Morgan fingerprint density at radius 3 is 2.53 bits per heavy atom. The van der Waals surface area contributed by atoms with Crippen LogP contribution in [0.2, 0.25) is 0 Å². The van der Waals surface area contributed by atoms with Crippen molar-refractivity contribution >= 4 is 5.97 Å². The van der Waals surface area contributed by atoms with Gasteiger partial charge in [-0.2, -0.15) is 13.2 Å². The molecular weight excluding hydrogens is 239 g/mol. The van der Waals surface area contributed by atoms with Gasteiger partial charge in [-0.15, -0.1) is 0 Å². The zero-order valence-corrected chi connectivity index (χ0v) is 9.12. The third-order valence-electron chi connectivity index (χ3n) is 2.10. The zero-order valence-electron chi connectivity index (χ0n) is 9.12. The summed E-state index contributed by atoms with van der Waals surface area (Å²) in [5.74, 6) is -1.31. The Balaban J connectivity index is 2.64. The van der Waals surface area contributed by atoms with Crippen LogP contribution in [-0.2, 0) is 6.54 Å². The van der Waals surface area contributed by atoms with Crippen molar-refractivity contribution in [3.05, 3.63) is 23.7 Å². The maximum atomic E-state index is 12.2. The van der Waals surface area contributed by atoms with Gasteiger partial charge in [0.2, 0.25) is 5.76 Å². The van der Waals surface area contributed by atoms with Crippen molar-refractivity contribution in [3.8, 4) is 0 Å². The van der Waals surface area contributed by atoms with Crippen molar-refractivity contribution in [1.29, 1.82) is 0 Å². The molecule has 1 aromatic rings. The highest BCUT2D eigenvalue weighted by atomic mass is 19.4. The summed E-state index contributed by atoms with van der Waals surface area (Å²) in [5, 5.41) is 8.59. The summed E-state index contributed by atoms with van der Waals surface area (Å²) in [6.45, 7) is 0.672. The van der Waals surface area contributed by atoms with Gasteiger partial charge in [-0.05, 0) is 18.7 Å². The van der Waals surface area contributed by atoms with E-state index in [1.54, 1.807) is 6.92 Å². The Labute approximate surface area is 95.6 Å². The highest BCUT2D eigenvalue weighted by Gasteiger charge is 2.30. The average Bonchev–Trinajstić information content (AvgIpc) is 2.63. The Morgan fingerprint density at radius 2 is 2.12 bits per heavy atom. The molecular formula is C10H12F3NO3. The van der Waals surface area contributed by atoms with Gasteiger partial charge in [0.25, 0.3) is 0 Å². The van der Waals surface area contributed by atoms with E-state index in [4.69, 9.17) is 9.52 Å². The summed E-state index contributed by atoms with van der Waals surface area (Å²) in [6, 6.07) is 2.58. The van der Waals surface area contributed by atoms with Crippen LogP contribution >= 0.6 is 0 Å². The third kappa shape index (κ3) is 4.48. The molecule has 4 nitrogen and oxygen atoms in total. The molecule has 0 aliphatic heterocycles. The van der Waals surface area contributed by atoms with Crippen LogP contribution < -0.4 is 0 Å². The quantitative estimate of drug-likeness (QED) is 0.872. The fourth-order valence-corrected chi connectivity index (χ4v) is 1.33. The molecule has 0 aliphatic carbocycles. The number of rotatable bonds is 5. The van der Waals surface area contributed by atoms with E-state index >= 15 is 0 Å². The second kappa shape index (κ2) is 5.22. The lowest BCUT2D eigenvalue weighted by Crippen LogP contribution is -2.33.